The molecule has 5 heteroatoms. The average Bonchev–Trinajstić information content (AvgIpc) is 2.59. The van der Waals surface area contributed by atoms with Crippen molar-refractivity contribution in [3.63, 3.8) is 0 Å². The number of likely N-dealkylation sites (N-methyl/N-ethyl adjacent to an activating group) is 1. The van der Waals surface area contributed by atoms with Crippen molar-refractivity contribution in [2.24, 2.45) is 0 Å². The molecule has 2 amide bonds. The minimum atomic E-state index is -0.572. The highest BCUT2D eigenvalue weighted by Gasteiger charge is 2.36. The fourth-order valence-electron chi connectivity index (χ4n) is 1.93. The molecule has 0 spiro atoms. The van der Waals surface area contributed by atoms with Crippen LogP contribution in [-0.2, 0) is 9.59 Å². The number of imide groups is 1. The normalized spacial score (nSPS) is 18.9. The quantitative estimate of drug-likeness (QED) is 0.787. The Morgan fingerprint density at radius 3 is 2.72 bits per heavy atom. The minimum Gasteiger partial charge on any atom is -0.372 e. The van der Waals surface area contributed by atoms with Gasteiger partial charge in [0.25, 0.3) is 5.91 Å². The summed E-state index contributed by atoms with van der Waals surface area (Å²) in [6.45, 7) is 1.89. The first-order chi connectivity index (χ1) is 8.52. The van der Waals surface area contributed by atoms with Gasteiger partial charge < -0.3 is 5.32 Å². The fraction of sp³-hybridized carbons (Fsp3) is 0.308. The highest BCUT2D eigenvalue weighted by molar-refractivity contribution is 6.06. The van der Waals surface area contributed by atoms with Crippen LogP contribution in [-0.4, -0.2) is 29.8 Å². The molecule has 0 saturated carbocycles. The summed E-state index contributed by atoms with van der Waals surface area (Å²) in [5.74, 6) is -0.465. The maximum atomic E-state index is 11.7. The first kappa shape index (κ1) is 12.1. The van der Waals surface area contributed by atoms with Crippen LogP contribution in [0.5, 0.6) is 0 Å². The van der Waals surface area contributed by atoms with Crippen LogP contribution in [0.2, 0.25) is 0 Å². The number of carbonyl (C=O) groups excluding carboxylic acids is 2. The fourth-order valence-corrected chi connectivity index (χ4v) is 1.93. The third-order valence-corrected chi connectivity index (χ3v) is 3.01. The number of anilines is 1. The Labute approximate surface area is 105 Å². The van der Waals surface area contributed by atoms with Gasteiger partial charge in [-0.25, -0.2) is 0 Å². The zero-order valence-electron chi connectivity index (χ0n) is 10.2. The summed E-state index contributed by atoms with van der Waals surface area (Å²) in [4.78, 5) is 24.2. The van der Waals surface area contributed by atoms with Crippen molar-refractivity contribution >= 4 is 17.5 Å². The lowest BCUT2D eigenvalue weighted by atomic mass is 10.1. The monoisotopic (exact) mass is 243 g/mol. The summed E-state index contributed by atoms with van der Waals surface area (Å²) in [5, 5.41) is 12.0. The van der Waals surface area contributed by atoms with Crippen LogP contribution < -0.4 is 5.32 Å². The summed E-state index contributed by atoms with van der Waals surface area (Å²) in [6.07, 6.45) is 0.133. The molecule has 1 aromatic rings. The number of hydrogen-bond acceptors (Lipinski definition) is 4. The highest BCUT2D eigenvalue weighted by atomic mass is 16.2. The number of rotatable bonds is 2. The minimum absolute atomic E-state index is 0.133. The lowest BCUT2D eigenvalue weighted by Crippen LogP contribution is -2.32. The molecule has 0 aliphatic carbocycles. The maximum absolute atomic E-state index is 11.7. The zero-order valence-corrected chi connectivity index (χ0v) is 10.2. The number of nitrogens with one attached hydrogen (secondary N) is 1. The molecule has 0 aromatic heterocycles. The Hall–Kier alpha value is -2.35. The second-order valence-corrected chi connectivity index (χ2v) is 4.35. The van der Waals surface area contributed by atoms with E-state index >= 15 is 0 Å². The van der Waals surface area contributed by atoms with Crippen LogP contribution >= 0.6 is 0 Å². The molecule has 1 aromatic carbocycles. The Morgan fingerprint density at radius 2 is 2.17 bits per heavy atom. The van der Waals surface area contributed by atoms with Crippen molar-refractivity contribution in [3.05, 3.63) is 29.3 Å². The Kier molecular flexibility index (Phi) is 3.02. The van der Waals surface area contributed by atoms with Crippen molar-refractivity contribution in [1.29, 1.82) is 5.26 Å². The standard InChI is InChI=1S/C13H13N3O2/c1-8-3-4-10(9(5-8)7-14)15-11-6-12(17)16(2)13(11)18/h3-5,11,15H,6H2,1-2H3. The van der Waals surface area contributed by atoms with Gasteiger partial charge in [-0.2, -0.15) is 5.26 Å². The SMILES string of the molecule is Cc1ccc(NC2CC(=O)N(C)C2=O)c(C#N)c1. The van der Waals surface area contributed by atoms with E-state index in [1.807, 2.05) is 13.0 Å². The number of carbonyl (C=O) groups is 2. The molecule has 1 aliphatic heterocycles. The van der Waals surface area contributed by atoms with Crippen molar-refractivity contribution in [1.82, 2.24) is 4.90 Å². The molecule has 1 unspecified atom stereocenters. The molecule has 1 N–H and O–H groups in total. The number of benzene rings is 1. The van der Waals surface area contributed by atoms with Gasteiger partial charge in [-0.15, -0.1) is 0 Å². The molecule has 92 valence electrons. The number of aryl methyl sites for hydroxylation is 1. The van der Waals surface area contributed by atoms with Crippen molar-refractivity contribution in [3.8, 4) is 6.07 Å². The van der Waals surface area contributed by atoms with Crippen molar-refractivity contribution in [2.45, 2.75) is 19.4 Å². The first-order valence-corrected chi connectivity index (χ1v) is 5.60. The molecule has 5 nitrogen and oxygen atoms in total. The summed E-state index contributed by atoms with van der Waals surface area (Å²) in [6, 6.07) is 6.86. The Morgan fingerprint density at radius 1 is 1.44 bits per heavy atom. The lowest BCUT2D eigenvalue weighted by molar-refractivity contribution is -0.136. The molecule has 2 rings (SSSR count). The Bertz CT molecular complexity index is 560. The van der Waals surface area contributed by atoms with Gasteiger partial charge in [0.15, 0.2) is 0 Å². The van der Waals surface area contributed by atoms with Gasteiger partial charge >= 0.3 is 0 Å². The van der Waals surface area contributed by atoms with Gasteiger partial charge in [0.1, 0.15) is 12.1 Å². The number of hydrogen-bond donors (Lipinski definition) is 1. The van der Waals surface area contributed by atoms with E-state index in [0.29, 0.717) is 11.3 Å². The van der Waals surface area contributed by atoms with Crippen LogP contribution in [0.1, 0.15) is 17.5 Å². The molecule has 18 heavy (non-hydrogen) atoms. The predicted octanol–water partition coefficient (Wildman–Crippen LogP) is 1.04. The predicted molar refractivity (Wildman–Crippen MR) is 65.7 cm³/mol. The van der Waals surface area contributed by atoms with E-state index in [2.05, 4.69) is 11.4 Å². The van der Waals surface area contributed by atoms with E-state index in [9.17, 15) is 9.59 Å². The summed E-state index contributed by atoms with van der Waals surface area (Å²) in [7, 11) is 1.46. The van der Waals surface area contributed by atoms with Gasteiger partial charge in [0.05, 0.1) is 17.7 Å². The number of nitriles is 1. The van der Waals surface area contributed by atoms with E-state index in [0.717, 1.165) is 10.5 Å². The van der Waals surface area contributed by atoms with Crippen LogP contribution in [0.15, 0.2) is 18.2 Å². The van der Waals surface area contributed by atoms with Gasteiger partial charge in [0, 0.05) is 7.05 Å². The molecular weight excluding hydrogens is 230 g/mol. The van der Waals surface area contributed by atoms with E-state index in [4.69, 9.17) is 5.26 Å². The molecule has 1 aliphatic rings. The molecule has 0 radical (unpaired) electrons. The summed E-state index contributed by atoms with van der Waals surface area (Å²) in [5.41, 5.74) is 2.04. The molecule has 0 bridgehead atoms. The van der Waals surface area contributed by atoms with E-state index in [-0.39, 0.29) is 18.2 Å². The molecule has 1 atom stereocenters. The van der Waals surface area contributed by atoms with Gasteiger partial charge in [-0.05, 0) is 24.6 Å². The van der Waals surface area contributed by atoms with Crippen LogP contribution in [0.3, 0.4) is 0 Å². The number of nitrogens with zero attached hydrogens (tertiary/aromatic N) is 2. The van der Waals surface area contributed by atoms with Crippen molar-refractivity contribution < 1.29 is 9.59 Å². The van der Waals surface area contributed by atoms with E-state index in [1.165, 1.54) is 7.05 Å². The largest absolute Gasteiger partial charge is 0.372 e. The smallest absolute Gasteiger partial charge is 0.251 e. The Balaban J connectivity index is 2.23. The molecule has 1 saturated heterocycles. The third-order valence-electron chi connectivity index (χ3n) is 3.01. The second-order valence-electron chi connectivity index (χ2n) is 4.35. The van der Waals surface area contributed by atoms with Crippen LogP contribution in [0.4, 0.5) is 5.69 Å². The molecular formula is C13H13N3O2. The van der Waals surface area contributed by atoms with Crippen molar-refractivity contribution in [2.75, 3.05) is 12.4 Å². The van der Waals surface area contributed by atoms with E-state index in [1.54, 1.807) is 12.1 Å². The topological polar surface area (TPSA) is 73.2 Å². The first-order valence-electron chi connectivity index (χ1n) is 5.60. The molecule has 1 fully saturated rings. The van der Waals surface area contributed by atoms with Gasteiger partial charge in [-0.3, -0.25) is 14.5 Å². The van der Waals surface area contributed by atoms with Gasteiger partial charge in [0.2, 0.25) is 5.91 Å². The van der Waals surface area contributed by atoms with E-state index < -0.39 is 6.04 Å². The number of amides is 2. The average molecular weight is 243 g/mol. The van der Waals surface area contributed by atoms with Gasteiger partial charge in [-0.1, -0.05) is 6.07 Å². The van der Waals surface area contributed by atoms with Crippen LogP contribution in [0.25, 0.3) is 0 Å². The second kappa shape index (κ2) is 4.49. The number of likely N-dealkylation sites (tertiary alicyclic amines) is 1. The third kappa shape index (κ3) is 2.05. The summed E-state index contributed by atoms with van der Waals surface area (Å²) < 4.78 is 0. The summed E-state index contributed by atoms with van der Waals surface area (Å²) >= 11 is 0. The highest BCUT2D eigenvalue weighted by Crippen LogP contribution is 2.21. The van der Waals surface area contributed by atoms with Crippen LogP contribution in [0, 0.1) is 18.3 Å². The molecule has 1 heterocycles. The zero-order chi connectivity index (χ0) is 13.3. The maximum Gasteiger partial charge on any atom is 0.251 e. The lowest BCUT2D eigenvalue weighted by Gasteiger charge is -2.13.